The Morgan fingerprint density at radius 3 is 2.84 bits per heavy atom. The van der Waals surface area contributed by atoms with Crippen LogP contribution in [0, 0.1) is 0 Å². The Kier molecular flexibility index (Phi) is 6.24. The SMILES string of the molecule is CC/C(=C/F)Nc1cnn(COCC[Si](C)(C)C)c1. The lowest BCUT2D eigenvalue weighted by molar-refractivity contribution is 0.0786. The second kappa shape index (κ2) is 7.45. The van der Waals surface area contributed by atoms with E-state index in [1.807, 2.05) is 13.1 Å². The molecule has 0 aliphatic heterocycles. The minimum atomic E-state index is -1.04. The summed E-state index contributed by atoms with van der Waals surface area (Å²) in [6.45, 7) is 10.1. The molecule has 0 aliphatic carbocycles. The van der Waals surface area contributed by atoms with Crippen LogP contribution in [-0.2, 0) is 11.5 Å². The van der Waals surface area contributed by atoms with E-state index in [4.69, 9.17) is 4.74 Å². The summed E-state index contributed by atoms with van der Waals surface area (Å²) >= 11 is 0. The molecule has 0 unspecified atom stereocenters. The molecule has 1 aromatic rings. The summed E-state index contributed by atoms with van der Waals surface area (Å²) in [5.41, 5.74) is 1.32. The Hall–Kier alpha value is -1.14. The molecule has 0 fully saturated rings. The van der Waals surface area contributed by atoms with Crippen LogP contribution in [0.3, 0.4) is 0 Å². The Morgan fingerprint density at radius 1 is 1.53 bits per heavy atom. The molecule has 4 nitrogen and oxygen atoms in total. The third kappa shape index (κ3) is 6.54. The van der Waals surface area contributed by atoms with Crippen molar-refractivity contribution in [3.8, 4) is 0 Å². The molecule has 0 saturated heterocycles. The first-order valence-electron chi connectivity index (χ1n) is 6.61. The van der Waals surface area contributed by atoms with E-state index in [-0.39, 0.29) is 0 Å². The topological polar surface area (TPSA) is 39.1 Å². The highest BCUT2D eigenvalue weighted by Gasteiger charge is 2.12. The number of hydrogen-bond donors (Lipinski definition) is 1. The first-order chi connectivity index (χ1) is 8.94. The van der Waals surface area contributed by atoms with Gasteiger partial charge in [0.15, 0.2) is 0 Å². The number of nitrogens with one attached hydrogen (secondary N) is 1. The number of halogens is 1. The van der Waals surface area contributed by atoms with Gasteiger partial charge in [-0.15, -0.1) is 0 Å². The van der Waals surface area contributed by atoms with Crippen LogP contribution in [0.4, 0.5) is 10.1 Å². The van der Waals surface area contributed by atoms with E-state index in [0.29, 0.717) is 25.2 Å². The van der Waals surface area contributed by atoms with E-state index in [2.05, 4.69) is 30.1 Å². The normalized spacial score (nSPS) is 12.8. The zero-order valence-corrected chi connectivity index (χ0v) is 13.2. The smallest absolute Gasteiger partial charge is 0.139 e. The lowest BCUT2D eigenvalue weighted by atomic mass is 10.3. The van der Waals surface area contributed by atoms with Gasteiger partial charge in [0.25, 0.3) is 0 Å². The van der Waals surface area contributed by atoms with E-state index in [1.165, 1.54) is 0 Å². The summed E-state index contributed by atoms with van der Waals surface area (Å²) in [4.78, 5) is 0. The predicted molar refractivity (Wildman–Crippen MR) is 79.4 cm³/mol. The zero-order valence-electron chi connectivity index (χ0n) is 12.2. The first kappa shape index (κ1) is 15.9. The first-order valence-corrected chi connectivity index (χ1v) is 10.3. The van der Waals surface area contributed by atoms with Crippen LogP contribution >= 0.6 is 0 Å². The van der Waals surface area contributed by atoms with Gasteiger partial charge in [-0.25, -0.2) is 9.07 Å². The van der Waals surface area contributed by atoms with Gasteiger partial charge in [-0.2, -0.15) is 5.10 Å². The van der Waals surface area contributed by atoms with Gasteiger partial charge in [0, 0.05) is 20.4 Å². The van der Waals surface area contributed by atoms with Crippen molar-refractivity contribution in [2.45, 2.75) is 45.8 Å². The molecule has 0 atom stereocenters. The summed E-state index contributed by atoms with van der Waals surface area (Å²) in [5, 5.41) is 7.13. The Balaban J connectivity index is 2.35. The summed E-state index contributed by atoms with van der Waals surface area (Å²) in [6.07, 6.45) is 4.69. The summed E-state index contributed by atoms with van der Waals surface area (Å²) < 4.78 is 19.7. The Bertz CT molecular complexity index is 412. The molecular weight excluding hydrogens is 261 g/mol. The number of nitrogens with zero attached hydrogens (tertiary/aromatic N) is 2. The molecule has 0 aromatic carbocycles. The van der Waals surface area contributed by atoms with Crippen LogP contribution in [0.1, 0.15) is 13.3 Å². The van der Waals surface area contributed by atoms with E-state index in [9.17, 15) is 4.39 Å². The molecule has 19 heavy (non-hydrogen) atoms. The highest BCUT2D eigenvalue weighted by molar-refractivity contribution is 6.76. The van der Waals surface area contributed by atoms with Crippen LogP contribution in [0.25, 0.3) is 0 Å². The van der Waals surface area contributed by atoms with Crippen molar-refractivity contribution in [3.05, 3.63) is 24.4 Å². The number of aromatic nitrogens is 2. The largest absolute Gasteiger partial charge is 0.360 e. The molecule has 1 heterocycles. The van der Waals surface area contributed by atoms with Crippen molar-refractivity contribution >= 4 is 13.8 Å². The van der Waals surface area contributed by atoms with Gasteiger partial charge in [-0.3, -0.25) is 0 Å². The number of allylic oxidation sites excluding steroid dienone is 1. The van der Waals surface area contributed by atoms with Crippen molar-refractivity contribution in [3.63, 3.8) is 0 Å². The third-order valence-electron chi connectivity index (χ3n) is 2.67. The summed E-state index contributed by atoms with van der Waals surface area (Å²) in [7, 11) is -1.04. The lowest BCUT2D eigenvalue weighted by Crippen LogP contribution is -2.22. The standard InChI is InChI=1S/C13H24FN3OSi/c1-5-12(8-14)16-13-9-15-17(10-13)11-18-6-7-19(2,3)4/h8-10,16H,5-7,11H2,1-4H3/b12-8-. The Labute approximate surface area is 115 Å². The van der Waals surface area contributed by atoms with Crippen molar-refractivity contribution < 1.29 is 9.13 Å². The molecule has 1 aromatic heterocycles. The highest BCUT2D eigenvalue weighted by Crippen LogP contribution is 2.12. The van der Waals surface area contributed by atoms with Crippen molar-refractivity contribution in [1.82, 2.24) is 9.78 Å². The van der Waals surface area contributed by atoms with E-state index < -0.39 is 8.07 Å². The molecule has 0 spiro atoms. The number of anilines is 1. The van der Waals surface area contributed by atoms with Gasteiger partial charge in [-0.1, -0.05) is 26.6 Å². The van der Waals surface area contributed by atoms with Gasteiger partial charge in [-0.05, 0) is 12.5 Å². The molecule has 0 radical (unpaired) electrons. The van der Waals surface area contributed by atoms with Crippen LogP contribution in [0.15, 0.2) is 24.4 Å². The maximum atomic E-state index is 12.4. The quantitative estimate of drug-likeness (QED) is 0.583. The molecule has 1 N–H and O–H groups in total. The fourth-order valence-electron chi connectivity index (χ4n) is 1.41. The third-order valence-corrected chi connectivity index (χ3v) is 4.37. The maximum absolute atomic E-state index is 12.4. The van der Waals surface area contributed by atoms with Crippen LogP contribution < -0.4 is 5.32 Å². The molecular formula is C13H24FN3OSi. The Morgan fingerprint density at radius 2 is 2.26 bits per heavy atom. The van der Waals surface area contributed by atoms with Crippen molar-refractivity contribution in [2.24, 2.45) is 0 Å². The fourth-order valence-corrected chi connectivity index (χ4v) is 2.17. The summed E-state index contributed by atoms with van der Waals surface area (Å²) in [5.74, 6) is 0. The van der Waals surface area contributed by atoms with Crippen LogP contribution in [-0.4, -0.2) is 24.5 Å². The molecule has 1 rings (SSSR count). The zero-order chi connectivity index (χ0) is 14.3. The average molecular weight is 285 g/mol. The van der Waals surface area contributed by atoms with Crippen LogP contribution in [0.5, 0.6) is 0 Å². The summed E-state index contributed by atoms with van der Waals surface area (Å²) in [6, 6.07) is 1.14. The van der Waals surface area contributed by atoms with Gasteiger partial charge < -0.3 is 10.1 Å². The number of rotatable bonds is 8. The maximum Gasteiger partial charge on any atom is 0.139 e. The minimum absolute atomic E-state index is 0.437. The van der Waals surface area contributed by atoms with Crippen molar-refractivity contribution in [2.75, 3.05) is 11.9 Å². The van der Waals surface area contributed by atoms with Crippen LogP contribution in [0.2, 0.25) is 25.7 Å². The van der Waals surface area contributed by atoms with Gasteiger partial charge in [0.2, 0.25) is 0 Å². The monoisotopic (exact) mass is 285 g/mol. The minimum Gasteiger partial charge on any atom is -0.360 e. The molecule has 0 amide bonds. The van der Waals surface area contributed by atoms with Gasteiger partial charge in [0.05, 0.1) is 18.1 Å². The van der Waals surface area contributed by atoms with Crippen molar-refractivity contribution in [1.29, 1.82) is 0 Å². The fraction of sp³-hybridized carbons (Fsp3) is 0.615. The molecule has 0 aliphatic rings. The molecule has 0 saturated carbocycles. The van der Waals surface area contributed by atoms with E-state index in [1.54, 1.807) is 10.9 Å². The highest BCUT2D eigenvalue weighted by atomic mass is 28.3. The lowest BCUT2D eigenvalue weighted by Gasteiger charge is -2.15. The predicted octanol–water partition coefficient (Wildman–Crippen LogP) is 3.83. The molecule has 6 heteroatoms. The number of hydrogen-bond acceptors (Lipinski definition) is 3. The second-order valence-electron chi connectivity index (χ2n) is 5.73. The number of ether oxygens (including phenoxy) is 1. The molecule has 0 bridgehead atoms. The van der Waals surface area contributed by atoms with E-state index in [0.717, 1.165) is 18.3 Å². The molecule has 108 valence electrons. The second-order valence-corrected chi connectivity index (χ2v) is 11.4. The van der Waals surface area contributed by atoms with E-state index >= 15 is 0 Å². The average Bonchev–Trinajstić information content (AvgIpc) is 2.78. The van der Waals surface area contributed by atoms with Gasteiger partial charge >= 0.3 is 0 Å². The van der Waals surface area contributed by atoms with Gasteiger partial charge in [0.1, 0.15) is 13.1 Å².